The number of rotatable bonds is 6. The first-order valence-electron chi connectivity index (χ1n) is 11.0. The summed E-state index contributed by atoms with van der Waals surface area (Å²) in [5.74, 6) is 1.10. The molecular formula is C30H24O3. The monoisotopic (exact) mass is 432 g/mol. The molecular weight excluding hydrogens is 408 g/mol. The molecule has 5 aromatic rings. The highest BCUT2D eigenvalue weighted by molar-refractivity contribution is 5.75. The molecule has 0 aliphatic carbocycles. The van der Waals surface area contributed by atoms with E-state index in [4.69, 9.17) is 4.42 Å². The van der Waals surface area contributed by atoms with Crippen LogP contribution in [0.2, 0.25) is 0 Å². The van der Waals surface area contributed by atoms with Crippen molar-refractivity contribution in [2.75, 3.05) is 0 Å². The predicted molar refractivity (Wildman–Crippen MR) is 131 cm³/mol. The Hall–Kier alpha value is -3.92. The minimum atomic E-state index is -0.976. The Morgan fingerprint density at radius 1 is 0.424 bits per heavy atom. The first kappa shape index (κ1) is 21.0. The Labute approximate surface area is 193 Å². The fraction of sp³-hybridized carbons (Fsp3) is 0.0667. The van der Waals surface area contributed by atoms with Crippen molar-refractivity contribution < 1.29 is 14.6 Å². The standard InChI is InChI=1S/C30H24O3/c31-27(21-13-5-1-6-14-21)25-26(28(32)22-15-7-2-8-16-22)30(24-19-11-4-12-20-24)33-29(25)23-17-9-3-10-18-23/h1-20,27-28,31-32H/t27-,28-/m1/s1. The van der Waals surface area contributed by atoms with Crippen molar-refractivity contribution in [3.63, 3.8) is 0 Å². The van der Waals surface area contributed by atoms with Gasteiger partial charge in [0, 0.05) is 22.3 Å². The van der Waals surface area contributed by atoms with E-state index in [0.717, 1.165) is 22.3 Å². The van der Waals surface area contributed by atoms with E-state index < -0.39 is 12.2 Å². The summed E-state index contributed by atoms with van der Waals surface area (Å²) >= 11 is 0. The SMILES string of the molecule is O[C@H](c1ccccc1)c1c(-c2ccccc2)oc(-c2ccccc2)c1[C@H](O)c1ccccc1. The number of hydrogen-bond acceptors (Lipinski definition) is 3. The Balaban J connectivity index is 1.81. The molecule has 1 heterocycles. The first-order valence-corrected chi connectivity index (χ1v) is 11.0. The van der Waals surface area contributed by atoms with Crippen molar-refractivity contribution in [1.82, 2.24) is 0 Å². The summed E-state index contributed by atoms with van der Waals surface area (Å²) in [6, 6.07) is 38.4. The van der Waals surface area contributed by atoms with Crippen LogP contribution in [-0.4, -0.2) is 10.2 Å². The molecule has 0 saturated heterocycles. The lowest BCUT2D eigenvalue weighted by molar-refractivity contribution is 0.198. The van der Waals surface area contributed by atoms with E-state index in [-0.39, 0.29) is 0 Å². The molecule has 0 aliphatic heterocycles. The van der Waals surface area contributed by atoms with Gasteiger partial charge in [0.1, 0.15) is 23.7 Å². The van der Waals surface area contributed by atoms with Crippen LogP contribution in [0.25, 0.3) is 22.6 Å². The topological polar surface area (TPSA) is 53.6 Å². The molecule has 0 bridgehead atoms. The molecule has 0 aliphatic rings. The van der Waals surface area contributed by atoms with Gasteiger partial charge in [-0.1, -0.05) is 121 Å². The fourth-order valence-corrected chi connectivity index (χ4v) is 4.21. The maximum Gasteiger partial charge on any atom is 0.141 e. The van der Waals surface area contributed by atoms with Crippen molar-refractivity contribution >= 4 is 0 Å². The van der Waals surface area contributed by atoms with E-state index >= 15 is 0 Å². The molecule has 0 unspecified atom stereocenters. The van der Waals surface area contributed by atoms with Gasteiger partial charge in [0.05, 0.1) is 0 Å². The van der Waals surface area contributed by atoms with Crippen molar-refractivity contribution in [3.05, 3.63) is 144 Å². The molecule has 3 nitrogen and oxygen atoms in total. The van der Waals surface area contributed by atoms with Crippen LogP contribution in [0.5, 0.6) is 0 Å². The maximum atomic E-state index is 11.6. The smallest absolute Gasteiger partial charge is 0.141 e. The average Bonchev–Trinajstić information content (AvgIpc) is 3.30. The number of hydrogen-bond donors (Lipinski definition) is 2. The van der Waals surface area contributed by atoms with Gasteiger partial charge in [-0.25, -0.2) is 0 Å². The van der Waals surface area contributed by atoms with Crippen LogP contribution in [-0.2, 0) is 0 Å². The number of aliphatic hydroxyl groups is 2. The lowest BCUT2D eigenvalue weighted by atomic mass is 9.89. The van der Waals surface area contributed by atoms with E-state index in [9.17, 15) is 10.2 Å². The van der Waals surface area contributed by atoms with Crippen LogP contribution in [0, 0.1) is 0 Å². The summed E-state index contributed by atoms with van der Waals surface area (Å²) in [5, 5.41) is 23.2. The van der Waals surface area contributed by atoms with Gasteiger partial charge in [-0.05, 0) is 11.1 Å². The molecule has 0 fully saturated rings. The number of furan rings is 1. The lowest BCUT2D eigenvalue weighted by Crippen LogP contribution is -2.08. The van der Waals surface area contributed by atoms with Crippen molar-refractivity contribution in [3.8, 4) is 22.6 Å². The van der Waals surface area contributed by atoms with Gasteiger partial charge in [0.25, 0.3) is 0 Å². The van der Waals surface area contributed by atoms with Crippen molar-refractivity contribution in [2.45, 2.75) is 12.2 Å². The van der Waals surface area contributed by atoms with E-state index in [2.05, 4.69) is 0 Å². The zero-order chi connectivity index (χ0) is 22.6. The van der Waals surface area contributed by atoms with Gasteiger partial charge in [0.2, 0.25) is 0 Å². The third-order valence-electron chi connectivity index (χ3n) is 5.83. The van der Waals surface area contributed by atoms with Gasteiger partial charge in [-0.2, -0.15) is 0 Å². The lowest BCUT2D eigenvalue weighted by Gasteiger charge is -2.18. The van der Waals surface area contributed by atoms with Gasteiger partial charge in [-0.15, -0.1) is 0 Å². The number of benzene rings is 4. The quantitative estimate of drug-likeness (QED) is 0.311. The van der Waals surface area contributed by atoms with E-state index in [1.807, 2.05) is 121 Å². The summed E-state index contributed by atoms with van der Waals surface area (Å²) in [7, 11) is 0. The van der Waals surface area contributed by atoms with Gasteiger partial charge >= 0.3 is 0 Å². The minimum Gasteiger partial charge on any atom is -0.455 e. The van der Waals surface area contributed by atoms with Crippen LogP contribution in [0.1, 0.15) is 34.5 Å². The number of aliphatic hydroxyl groups excluding tert-OH is 2. The summed E-state index contributed by atoms with van der Waals surface area (Å²) in [6.45, 7) is 0. The second kappa shape index (κ2) is 9.29. The van der Waals surface area contributed by atoms with E-state index in [1.165, 1.54) is 0 Å². The Kier molecular flexibility index (Phi) is 5.90. The molecule has 4 aromatic carbocycles. The summed E-state index contributed by atoms with van der Waals surface area (Å²) < 4.78 is 6.48. The average molecular weight is 433 g/mol. The molecule has 5 rings (SSSR count). The second-order valence-electron chi connectivity index (χ2n) is 7.95. The maximum absolute atomic E-state index is 11.6. The van der Waals surface area contributed by atoms with Crippen molar-refractivity contribution in [2.24, 2.45) is 0 Å². The largest absolute Gasteiger partial charge is 0.455 e. The minimum absolute atomic E-state index is 0.552. The summed E-state index contributed by atoms with van der Waals surface area (Å²) in [6.07, 6.45) is -1.95. The fourth-order valence-electron chi connectivity index (χ4n) is 4.21. The second-order valence-corrected chi connectivity index (χ2v) is 7.95. The Bertz CT molecular complexity index is 1210. The summed E-state index contributed by atoms with van der Waals surface area (Å²) in [5.41, 5.74) is 4.29. The Morgan fingerprint density at radius 3 is 1.06 bits per heavy atom. The molecule has 3 heteroatoms. The molecule has 0 saturated carbocycles. The molecule has 1 aromatic heterocycles. The van der Waals surface area contributed by atoms with Crippen LogP contribution in [0.3, 0.4) is 0 Å². The zero-order valence-corrected chi connectivity index (χ0v) is 18.0. The third kappa shape index (κ3) is 4.12. The first-order chi connectivity index (χ1) is 16.2. The van der Waals surface area contributed by atoms with Crippen molar-refractivity contribution in [1.29, 1.82) is 0 Å². The van der Waals surface area contributed by atoms with Crippen LogP contribution >= 0.6 is 0 Å². The molecule has 2 N–H and O–H groups in total. The van der Waals surface area contributed by atoms with Gasteiger partial charge in [-0.3, -0.25) is 0 Å². The van der Waals surface area contributed by atoms with E-state index in [1.54, 1.807) is 0 Å². The highest BCUT2D eigenvalue weighted by Gasteiger charge is 2.32. The van der Waals surface area contributed by atoms with Crippen LogP contribution in [0.4, 0.5) is 0 Å². The molecule has 0 amide bonds. The highest BCUT2D eigenvalue weighted by Crippen LogP contribution is 2.46. The molecule has 0 spiro atoms. The molecule has 162 valence electrons. The van der Waals surface area contributed by atoms with Gasteiger partial charge in [0.15, 0.2) is 0 Å². The van der Waals surface area contributed by atoms with Gasteiger partial charge < -0.3 is 14.6 Å². The van der Waals surface area contributed by atoms with Crippen LogP contribution in [0.15, 0.2) is 126 Å². The highest BCUT2D eigenvalue weighted by atomic mass is 16.3. The predicted octanol–water partition coefficient (Wildman–Crippen LogP) is 6.78. The molecule has 0 radical (unpaired) electrons. The zero-order valence-electron chi connectivity index (χ0n) is 18.0. The summed E-state index contributed by atoms with van der Waals surface area (Å²) in [4.78, 5) is 0. The normalized spacial score (nSPS) is 12.9. The Morgan fingerprint density at radius 2 is 0.727 bits per heavy atom. The molecule has 33 heavy (non-hydrogen) atoms. The van der Waals surface area contributed by atoms with E-state index in [0.29, 0.717) is 22.6 Å². The molecule has 2 atom stereocenters. The van der Waals surface area contributed by atoms with Crippen LogP contribution < -0.4 is 0 Å². The third-order valence-corrected chi connectivity index (χ3v) is 5.83.